The van der Waals surface area contributed by atoms with Gasteiger partial charge in [-0.05, 0) is 19.4 Å². The van der Waals surface area contributed by atoms with Crippen LogP contribution in [-0.2, 0) is 4.74 Å². The van der Waals surface area contributed by atoms with Gasteiger partial charge in [-0.3, -0.25) is 0 Å². The minimum Gasteiger partial charge on any atom is -0.496 e. The summed E-state index contributed by atoms with van der Waals surface area (Å²) in [6, 6.07) is 3.70. The third kappa shape index (κ3) is 2.83. The maximum absolute atomic E-state index is 5.95. The number of ether oxygens (including phenoxy) is 4. The van der Waals surface area contributed by atoms with E-state index in [0.717, 1.165) is 25.0 Å². The van der Waals surface area contributed by atoms with Crippen LogP contribution in [0.4, 0.5) is 0 Å². The molecule has 1 saturated heterocycles. The largest absolute Gasteiger partial charge is 0.496 e. The van der Waals surface area contributed by atoms with Crippen molar-refractivity contribution in [2.75, 3.05) is 34.5 Å². The molecule has 1 aliphatic rings. The number of hydrogen-bond donors (Lipinski definition) is 1. The van der Waals surface area contributed by atoms with E-state index in [4.69, 9.17) is 24.7 Å². The van der Waals surface area contributed by atoms with Crippen LogP contribution in [0.15, 0.2) is 12.1 Å². The van der Waals surface area contributed by atoms with Gasteiger partial charge in [0.1, 0.15) is 17.2 Å². The molecule has 5 nitrogen and oxygen atoms in total. The van der Waals surface area contributed by atoms with Crippen LogP contribution in [0.25, 0.3) is 0 Å². The van der Waals surface area contributed by atoms with Crippen molar-refractivity contribution in [1.82, 2.24) is 0 Å². The summed E-state index contributed by atoms with van der Waals surface area (Å²) >= 11 is 0. The number of benzene rings is 1. The van der Waals surface area contributed by atoms with Crippen LogP contribution < -0.4 is 19.9 Å². The van der Waals surface area contributed by atoms with Crippen molar-refractivity contribution in [3.63, 3.8) is 0 Å². The Balaban J connectivity index is 2.47. The predicted octanol–water partition coefficient (Wildman–Crippen LogP) is 2.14. The lowest BCUT2D eigenvalue weighted by molar-refractivity contribution is -0.0275. The van der Waals surface area contributed by atoms with E-state index in [1.165, 1.54) is 0 Å². The van der Waals surface area contributed by atoms with Gasteiger partial charge in [-0.2, -0.15) is 0 Å². The van der Waals surface area contributed by atoms with Crippen LogP contribution >= 0.6 is 0 Å². The predicted molar refractivity (Wildman–Crippen MR) is 76.6 cm³/mol. The molecule has 5 heteroatoms. The van der Waals surface area contributed by atoms with E-state index in [9.17, 15) is 0 Å². The second-order valence-corrected chi connectivity index (χ2v) is 4.87. The highest BCUT2D eigenvalue weighted by atomic mass is 16.5. The summed E-state index contributed by atoms with van der Waals surface area (Å²) in [5.41, 5.74) is 6.81. The summed E-state index contributed by atoms with van der Waals surface area (Å²) in [6.07, 6.45) is 2.00. The number of hydrogen-bond acceptors (Lipinski definition) is 5. The minimum absolute atomic E-state index is 0.0930. The highest BCUT2D eigenvalue weighted by Crippen LogP contribution is 2.44. The van der Waals surface area contributed by atoms with Crippen molar-refractivity contribution < 1.29 is 18.9 Å². The van der Waals surface area contributed by atoms with Gasteiger partial charge in [-0.25, -0.2) is 0 Å². The molecule has 0 saturated carbocycles. The first-order chi connectivity index (χ1) is 9.74. The third-order valence-electron chi connectivity index (χ3n) is 3.79. The molecule has 0 bridgehead atoms. The zero-order valence-electron chi connectivity index (χ0n) is 12.3. The molecule has 2 atom stereocenters. The smallest absolute Gasteiger partial charge is 0.132 e. The molecule has 1 aliphatic heterocycles. The van der Waals surface area contributed by atoms with Gasteiger partial charge in [0.15, 0.2) is 0 Å². The number of nitrogens with two attached hydrogens (primary N) is 1. The van der Waals surface area contributed by atoms with E-state index in [1.807, 2.05) is 12.1 Å². The van der Waals surface area contributed by atoms with Gasteiger partial charge in [-0.1, -0.05) is 0 Å². The van der Waals surface area contributed by atoms with Crippen molar-refractivity contribution in [2.24, 2.45) is 11.7 Å². The number of rotatable bonds is 5. The van der Waals surface area contributed by atoms with Crippen LogP contribution in [0.5, 0.6) is 17.2 Å². The maximum Gasteiger partial charge on any atom is 0.132 e. The zero-order valence-corrected chi connectivity index (χ0v) is 12.3. The van der Waals surface area contributed by atoms with Gasteiger partial charge >= 0.3 is 0 Å². The maximum atomic E-state index is 5.95. The molecule has 0 radical (unpaired) electrons. The molecule has 1 heterocycles. The molecular weight excluding hydrogens is 258 g/mol. The lowest BCUT2D eigenvalue weighted by Gasteiger charge is -2.33. The molecule has 20 heavy (non-hydrogen) atoms. The van der Waals surface area contributed by atoms with Crippen LogP contribution in [0.3, 0.4) is 0 Å². The Hall–Kier alpha value is -1.46. The first-order valence-electron chi connectivity index (χ1n) is 6.86. The molecule has 0 amide bonds. The molecule has 1 fully saturated rings. The van der Waals surface area contributed by atoms with Gasteiger partial charge in [0.05, 0.1) is 33.0 Å². The Bertz CT molecular complexity index is 424. The Labute approximate surface area is 120 Å². The zero-order chi connectivity index (χ0) is 14.5. The van der Waals surface area contributed by atoms with Crippen molar-refractivity contribution in [3.05, 3.63) is 17.7 Å². The van der Waals surface area contributed by atoms with Gasteiger partial charge in [0.2, 0.25) is 0 Å². The topological polar surface area (TPSA) is 62.9 Å². The normalized spacial score (nSPS) is 22.4. The molecule has 0 aliphatic carbocycles. The molecule has 2 rings (SSSR count). The molecular formula is C15H23NO4. The van der Waals surface area contributed by atoms with E-state index in [0.29, 0.717) is 23.8 Å². The summed E-state index contributed by atoms with van der Waals surface area (Å²) in [4.78, 5) is 0. The van der Waals surface area contributed by atoms with E-state index in [1.54, 1.807) is 21.3 Å². The molecule has 1 aromatic carbocycles. The van der Waals surface area contributed by atoms with Crippen molar-refractivity contribution >= 4 is 0 Å². The van der Waals surface area contributed by atoms with E-state index in [-0.39, 0.29) is 12.0 Å². The van der Waals surface area contributed by atoms with Crippen LogP contribution in [0.1, 0.15) is 24.5 Å². The minimum atomic E-state index is -0.0930. The lowest BCUT2D eigenvalue weighted by atomic mass is 9.88. The highest BCUT2D eigenvalue weighted by molar-refractivity contribution is 5.52. The molecule has 0 aromatic heterocycles. The standard InChI is InChI=1S/C15H23NO4/c1-17-11-7-12(18-2)14(13(8-11)19-3)15-10(9-16)5-4-6-20-15/h7-8,10,15H,4-6,9,16H2,1-3H3. The monoisotopic (exact) mass is 281 g/mol. The average molecular weight is 281 g/mol. The lowest BCUT2D eigenvalue weighted by Crippen LogP contribution is -2.29. The summed E-state index contributed by atoms with van der Waals surface area (Å²) < 4.78 is 22.2. The molecule has 2 N–H and O–H groups in total. The second kappa shape index (κ2) is 6.81. The van der Waals surface area contributed by atoms with E-state index < -0.39 is 0 Å². The SMILES string of the molecule is COc1cc(OC)c(C2OCCCC2CN)c(OC)c1. The van der Waals surface area contributed by atoms with Crippen molar-refractivity contribution in [2.45, 2.75) is 18.9 Å². The van der Waals surface area contributed by atoms with E-state index >= 15 is 0 Å². The Morgan fingerprint density at radius 1 is 1.15 bits per heavy atom. The summed E-state index contributed by atoms with van der Waals surface area (Å²) in [7, 11) is 4.89. The quantitative estimate of drug-likeness (QED) is 0.896. The van der Waals surface area contributed by atoms with Gasteiger partial charge in [0.25, 0.3) is 0 Å². The first-order valence-corrected chi connectivity index (χ1v) is 6.86. The fourth-order valence-corrected chi connectivity index (χ4v) is 2.72. The first kappa shape index (κ1) is 14.9. The van der Waals surface area contributed by atoms with Crippen LogP contribution in [-0.4, -0.2) is 34.5 Å². The summed E-state index contributed by atoms with van der Waals surface area (Å²) in [5, 5.41) is 0. The average Bonchev–Trinajstić information content (AvgIpc) is 2.53. The van der Waals surface area contributed by atoms with Gasteiger partial charge in [-0.15, -0.1) is 0 Å². The van der Waals surface area contributed by atoms with Gasteiger partial charge < -0.3 is 24.7 Å². The summed E-state index contributed by atoms with van der Waals surface area (Å²) in [6.45, 7) is 1.32. The van der Waals surface area contributed by atoms with E-state index in [2.05, 4.69) is 0 Å². The Kier molecular flexibility index (Phi) is 5.09. The molecule has 112 valence electrons. The Morgan fingerprint density at radius 2 is 1.80 bits per heavy atom. The molecule has 0 spiro atoms. The van der Waals surface area contributed by atoms with Crippen molar-refractivity contribution in [3.8, 4) is 17.2 Å². The molecule has 2 unspecified atom stereocenters. The fraction of sp³-hybridized carbons (Fsp3) is 0.600. The Morgan fingerprint density at radius 3 is 2.30 bits per heavy atom. The summed E-state index contributed by atoms with van der Waals surface area (Å²) in [5.74, 6) is 2.40. The van der Waals surface area contributed by atoms with Crippen LogP contribution in [0.2, 0.25) is 0 Å². The fourth-order valence-electron chi connectivity index (χ4n) is 2.72. The highest BCUT2D eigenvalue weighted by Gasteiger charge is 2.32. The molecule has 1 aromatic rings. The number of methoxy groups -OCH3 is 3. The third-order valence-corrected chi connectivity index (χ3v) is 3.79. The van der Waals surface area contributed by atoms with Gasteiger partial charge in [0, 0.05) is 24.7 Å². The van der Waals surface area contributed by atoms with Crippen molar-refractivity contribution in [1.29, 1.82) is 0 Å². The second-order valence-electron chi connectivity index (χ2n) is 4.87. The van der Waals surface area contributed by atoms with Crippen LogP contribution in [0, 0.1) is 5.92 Å².